The lowest BCUT2D eigenvalue weighted by Crippen LogP contribution is -2.39. The summed E-state index contributed by atoms with van der Waals surface area (Å²) in [6.07, 6.45) is -5.03. The number of carboxylic acids is 1. The van der Waals surface area contributed by atoms with Crippen LogP contribution in [0.25, 0.3) is 0 Å². The Balaban J connectivity index is 2.01. The average molecular weight is 420 g/mol. The smallest absolute Gasteiger partial charge is 0.481 e. The first-order valence-electron chi connectivity index (χ1n) is 7.86. The first-order chi connectivity index (χ1) is 12.6. The Morgan fingerprint density at radius 1 is 1.26 bits per heavy atom. The Morgan fingerprint density at radius 3 is 2.67 bits per heavy atom. The molecule has 0 aromatic heterocycles. The van der Waals surface area contributed by atoms with Crippen LogP contribution in [0.3, 0.4) is 0 Å². The van der Waals surface area contributed by atoms with Crippen molar-refractivity contribution in [3.05, 3.63) is 58.6 Å². The molecule has 0 saturated carbocycles. The van der Waals surface area contributed by atoms with Crippen molar-refractivity contribution in [3.63, 3.8) is 0 Å². The largest absolute Gasteiger partial charge is 0.573 e. The van der Waals surface area contributed by atoms with E-state index >= 15 is 0 Å². The topological polar surface area (TPSA) is 58.6 Å². The minimum atomic E-state index is -4.81. The SMILES string of the molecule is O=C(O)CC1(Cc2cccc(OC(F)(F)F)c2)c2ccc(Cl)cc2NC1Cl. The van der Waals surface area contributed by atoms with Gasteiger partial charge in [0.25, 0.3) is 0 Å². The number of alkyl halides is 4. The lowest BCUT2D eigenvalue weighted by molar-refractivity contribution is -0.274. The van der Waals surface area contributed by atoms with E-state index < -0.39 is 23.2 Å². The van der Waals surface area contributed by atoms with Crippen LogP contribution in [0.2, 0.25) is 5.02 Å². The van der Waals surface area contributed by atoms with Crippen LogP contribution in [0.4, 0.5) is 18.9 Å². The second kappa shape index (κ2) is 7.13. The highest BCUT2D eigenvalue weighted by atomic mass is 35.5. The lowest BCUT2D eigenvalue weighted by Gasteiger charge is -2.31. The minimum absolute atomic E-state index is 0.101. The van der Waals surface area contributed by atoms with Crippen LogP contribution in [0, 0.1) is 0 Å². The molecule has 27 heavy (non-hydrogen) atoms. The maximum absolute atomic E-state index is 12.5. The number of anilines is 1. The average Bonchev–Trinajstić information content (AvgIpc) is 2.76. The van der Waals surface area contributed by atoms with Crippen LogP contribution in [-0.2, 0) is 16.6 Å². The predicted octanol–water partition coefficient (Wildman–Crippen LogP) is 5.18. The van der Waals surface area contributed by atoms with Crippen molar-refractivity contribution in [3.8, 4) is 5.75 Å². The molecule has 0 saturated heterocycles. The molecule has 3 rings (SSSR count). The molecule has 2 aromatic carbocycles. The maximum atomic E-state index is 12.5. The van der Waals surface area contributed by atoms with Crippen LogP contribution in [0.5, 0.6) is 5.75 Å². The van der Waals surface area contributed by atoms with Crippen LogP contribution < -0.4 is 10.1 Å². The quantitative estimate of drug-likeness (QED) is 0.517. The number of nitrogens with one attached hydrogen (secondary N) is 1. The maximum Gasteiger partial charge on any atom is 0.573 e. The van der Waals surface area contributed by atoms with E-state index in [-0.39, 0.29) is 18.6 Å². The first-order valence-corrected chi connectivity index (χ1v) is 8.68. The van der Waals surface area contributed by atoms with Crippen molar-refractivity contribution in [2.75, 3.05) is 5.32 Å². The molecule has 0 aliphatic carbocycles. The molecule has 0 fully saturated rings. The molecule has 1 aliphatic heterocycles. The normalized spacial score (nSPS) is 21.4. The van der Waals surface area contributed by atoms with Crippen molar-refractivity contribution in [2.45, 2.75) is 30.1 Å². The molecular formula is C18H14Cl2F3NO3. The molecule has 1 heterocycles. The molecule has 144 valence electrons. The number of hydrogen-bond donors (Lipinski definition) is 2. The van der Waals surface area contributed by atoms with E-state index in [1.54, 1.807) is 24.3 Å². The summed E-state index contributed by atoms with van der Waals surface area (Å²) in [6.45, 7) is 0. The highest BCUT2D eigenvalue weighted by molar-refractivity contribution is 6.31. The zero-order valence-electron chi connectivity index (χ0n) is 13.7. The van der Waals surface area contributed by atoms with Crippen molar-refractivity contribution >= 4 is 34.9 Å². The molecule has 2 atom stereocenters. The van der Waals surface area contributed by atoms with Gasteiger partial charge in [-0.05, 0) is 41.8 Å². The number of carboxylic acid groups (broad SMARTS) is 1. The van der Waals surface area contributed by atoms with Gasteiger partial charge >= 0.3 is 12.3 Å². The number of rotatable bonds is 5. The first kappa shape index (κ1) is 19.6. The van der Waals surface area contributed by atoms with E-state index in [1.807, 2.05) is 0 Å². The third-order valence-corrected chi connectivity index (χ3v) is 5.17. The van der Waals surface area contributed by atoms with E-state index in [0.717, 1.165) is 0 Å². The van der Waals surface area contributed by atoms with E-state index in [4.69, 9.17) is 23.2 Å². The van der Waals surface area contributed by atoms with Gasteiger partial charge in [0.15, 0.2) is 0 Å². The summed E-state index contributed by atoms with van der Waals surface area (Å²) in [7, 11) is 0. The number of hydrogen-bond acceptors (Lipinski definition) is 3. The van der Waals surface area contributed by atoms with Gasteiger partial charge in [0.2, 0.25) is 0 Å². The van der Waals surface area contributed by atoms with Crippen LogP contribution >= 0.6 is 23.2 Å². The molecule has 4 nitrogen and oxygen atoms in total. The highest BCUT2D eigenvalue weighted by Gasteiger charge is 2.48. The molecular weight excluding hydrogens is 406 g/mol. The zero-order chi connectivity index (χ0) is 19.8. The van der Waals surface area contributed by atoms with E-state index in [0.29, 0.717) is 21.8 Å². The fourth-order valence-electron chi connectivity index (χ4n) is 3.40. The second-order valence-corrected chi connectivity index (χ2v) is 7.17. The summed E-state index contributed by atoms with van der Waals surface area (Å²) in [6, 6.07) is 10.4. The molecule has 0 radical (unpaired) electrons. The summed E-state index contributed by atoms with van der Waals surface area (Å²) in [5.74, 6) is -1.45. The molecule has 2 unspecified atom stereocenters. The number of aliphatic carboxylic acids is 1. The molecule has 2 aromatic rings. The van der Waals surface area contributed by atoms with Crippen molar-refractivity contribution in [1.82, 2.24) is 0 Å². The summed E-state index contributed by atoms with van der Waals surface area (Å²) in [5.41, 5.74) is -0.130. The zero-order valence-corrected chi connectivity index (χ0v) is 15.2. The molecule has 2 N–H and O–H groups in total. The Morgan fingerprint density at radius 2 is 2.00 bits per heavy atom. The number of fused-ring (bicyclic) bond motifs is 1. The number of halogens is 5. The van der Waals surface area contributed by atoms with Gasteiger partial charge in [-0.15, -0.1) is 13.2 Å². The Kier molecular flexibility index (Phi) is 5.18. The third-order valence-electron chi connectivity index (χ3n) is 4.40. The fraction of sp³-hybridized carbons (Fsp3) is 0.278. The van der Waals surface area contributed by atoms with Crippen LogP contribution in [0.1, 0.15) is 17.5 Å². The summed E-state index contributed by atoms with van der Waals surface area (Å²) in [4.78, 5) is 11.5. The molecule has 9 heteroatoms. The van der Waals surface area contributed by atoms with E-state index in [1.165, 1.54) is 18.2 Å². The number of benzene rings is 2. The molecule has 0 spiro atoms. The van der Waals surface area contributed by atoms with Gasteiger partial charge in [0.05, 0.1) is 6.42 Å². The van der Waals surface area contributed by atoms with Crippen LogP contribution in [-0.4, -0.2) is 22.9 Å². The minimum Gasteiger partial charge on any atom is -0.481 e. The van der Waals surface area contributed by atoms with Crippen molar-refractivity contribution < 1.29 is 27.8 Å². The van der Waals surface area contributed by atoms with Crippen LogP contribution in [0.15, 0.2) is 42.5 Å². The Bertz CT molecular complexity index is 875. The predicted molar refractivity (Wildman–Crippen MR) is 95.5 cm³/mol. The third kappa shape index (κ3) is 4.25. The lowest BCUT2D eigenvalue weighted by atomic mass is 9.74. The fourth-order valence-corrected chi connectivity index (χ4v) is 3.96. The Labute approximate surface area is 162 Å². The van der Waals surface area contributed by atoms with Gasteiger partial charge in [0, 0.05) is 16.1 Å². The molecule has 0 amide bonds. The van der Waals surface area contributed by atoms with Gasteiger partial charge in [-0.2, -0.15) is 0 Å². The standard InChI is InChI=1S/C18H14Cl2F3NO3/c19-11-4-5-13-14(7-11)24-16(20)17(13,9-15(25)26)8-10-2-1-3-12(6-10)27-18(21,22)23/h1-7,16,24H,8-9H2,(H,25,26). The Hall–Kier alpha value is -2.12. The second-order valence-electron chi connectivity index (χ2n) is 6.30. The van der Waals surface area contributed by atoms with Gasteiger partial charge in [-0.1, -0.05) is 41.4 Å². The van der Waals surface area contributed by atoms with Crippen molar-refractivity contribution in [2.24, 2.45) is 0 Å². The monoisotopic (exact) mass is 419 g/mol. The summed E-state index contributed by atoms with van der Waals surface area (Å²) < 4.78 is 41.4. The van der Waals surface area contributed by atoms with Gasteiger partial charge < -0.3 is 15.2 Å². The number of ether oxygens (including phenoxy) is 1. The number of carbonyl (C=O) groups is 1. The molecule has 0 bridgehead atoms. The summed E-state index contributed by atoms with van der Waals surface area (Å²) in [5, 5.41) is 12.9. The summed E-state index contributed by atoms with van der Waals surface area (Å²) >= 11 is 12.5. The van der Waals surface area contributed by atoms with Gasteiger partial charge in [-0.25, -0.2) is 0 Å². The molecule has 1 aliphatic rings. The van der Waals surface area contributed by atoms with E-state index in [2.05, 4.69) is 10.1 Å². The van der Waals surface area contributed by atoms with E-state index in [9.17, 15) is 23.1 Å². The van der Waals surface area contributed by atoms with Gasteiger partial charge in [-0.3, -0.25) is 4.79 Å². The van der Waals surface area contributed by atoms with Gasteiger partial charge in [0.1, 0.15) is 11.3 Å². The van der Waals surface area contributed by atoms with Crippen molar-refractivity contribution in [1.29, 1.82) is 0 Å². The highest BCUT2D eigenvalue weighted by Crippen LogP contribution is 2.48.